The van der Waals surface area contributed by atoms with E-state index >= 15 is 0 Å². The van der Waals surface area contributed by atoms with Crippen LogP contribution in [0, 0.1) is 0 Å². The van der Waals surface area contributed by atoms with Crippen LogP contribution in [0.4, 0.5) is 4.79 Å². The quantitative estimate of drug-likeness (QED) is 0.851. The van der Waals surface area contributed by atoms with Crippen molar-refractivity contribution in [1.82, 2.24) is 4.90 Å². The summed E-state index contributed by atoms with van der Waals surface area (Å²) < 4.78 is 10.9. The summed E-state index contributed by atoms with van der Waals surface area (Å²) in [6, 6.07) is 19.9. The smallest absolute Gasteiger partial charge is 0.410 e. The Morgan fingerprint density at radius 3 is 2.26 bits per heavy atom. The van der Waals surface area contributed by atoms with Gasteiger partial charge in [0.2, 0.25) is 0 Å². The van der Waals surface area contributed by atoms with Crippen molar-refractivity contribution in [3.8, 4) is 0 Å². The molecule has 0 unspecified atom stereocenters. The van der Waals surface area contributed by atoms with Gasteiger partial charge in [-0.3, -0.25) is 4.90 Å². The summed E-state index contributed by atoms with van der Waals surface area (Å²) in [7, 11) is 1.69. The molecular formula is C19H21NO3. The maximum Gasteiger partial charge on any atom is 0.410 e. The number of hydrogen-bond donors (Lipinski definition) is 0. The van der Waals surface area contributed by atoms with Crippen molar-refractivity contribution in [3.05, 3.63) is 71.8 Å². The van der Waals surface area contributed by atoms with Crippen LogP contribution >= 0.6 is 0 Å². The molecule has 1 amide bonds. The number of benzene rings is 2. The molecule has 0 bridgehead atoms. The molecule has 4 heteroatoms. The van der Waals surface area contributed by atoms with Crippen molar-refractivity contribution < 1.29 is 14.3 Å². The molecule has 0 aliphatic carbocycles. The molecule has 2 aromatic rings. The summed E-state index contributed by atoms with van der Waals surface area (Å²) in [5.74, 6) is 0. The summed E-state index contributed by atoms with van der Waals surface area (Å²) in [6.45, 7) is 0.882. The molecule has 1 aliphatic heterocycles. The standard InChI is InChI=1S/C19H21NO3/c1-22-18-13-20(17(18)12-15-8-4-2-5-9-15)19(21)23-14-16-10-6-3-7-11-16/h2-11,17-18H,12-14H2,1H3/t17-,18+/m1/s1. The minimum absolute atomic E-state index is 0.0330. The van der Waals surface area contributed by atoms with Gasteiger partial charge in [0, 0.05) is 7.11 Å². The van der Waals surface area contributed by atoms with E-state index in [2.05, 4.69) is 12.1 Å². The van der Waals surface area contributed by atoms with Gasteiger partial charge < -0.3 is 9.47 Å². The number of nitrogens with zero attached hydrogens (tertiary/aromatic N) is 1. The lowest BCUT2D eigenvalue weighted by atomic mass is 9.93. The van der Waals surface area contributed by atoms with Crippen molar-refractivity contribution in [2.75, 3.05) is 13.7 Å². The third kappa shape index (κ3) is 3.71. The molecular weight excluding hydrogens is 290 g/mol. The fraction of sp³-hybridized carbons (Fsp3) is 0.316. The average molecular weight is 311 g/mol. The van der Waals surface area contributed by atoms with Gasteiger partial charge in [0.1, 0.15) is 6.61 Å². The van der Waals surface area contributed by atoms with Gasteiger partial charge in [-0.25, -0.2) is 4.79 Å². The fourth-order valence-electron chi connectivity index (χ4n) is 2.85. The van der Waals surface area contributed by atoms with Crippen LogP contribution in [0.5, 0.6) is 0 Å². The first-order valence-corrected chi connectivity index (χ1v) is 7.82. The zero-order chi connectivity index (χ0) is 16.1. The van der Waals surface area contributed by atoms with Crippen LogP contribution in [0.3, 0.4) is 0 Å². The van der Waals surface area contributed by atoms with E-state index in [4.69, 9.17) is 9.47 Å². The average Bonchev–Trinajstić information content (AvgIpc) is 2.59. The van der Waals surface area contributed by atoms with E-state index in [1.807, 2.05) is 48.5 Å². The van der Waals surface area contributed by atoms with E-state index in [0.717, 1.165) is 12.0 Å². The normalized spacial score (nSPS) is 20.0. The number of methoxy groups -OCH3 is 1. The topological polar surface area (TPSA) is 38.8 Å². The minimum Gasteiger partial charge on any atom is -0.445 e. The summed E-state index contributed by atoms with van der Waals surface area (Å²) in [5, 5.41) is 0. The largest absolute Gasteiger partial charge is 0.445 e. The molecule has 1 aliphatic rings. The predicted octanol–water partition coefficient (Wildman–Crippen LogP) is 3.27. The fourth-order valence-corrected chi connectivity index (χ4v) is 2.85. The van der Waals surface area contributed by atoms with E-state index < -0.39 is 0 Å². The summed E-state index contributed by atoms with van der Waals surface area (Å²) >= 11 is 0. The molecule has 0 saturated carbocycles. The summed E-state index contributed by atoms with van der Waals surface area (Å²) in [6.07, 6.45) is 0.572. The Hall–Kier alpha value is -2.33. The highest BCUT2D eigenvalue weighted by Gasteiger charge is 2.42. The Morgan fingerprint density at radius 1 is 1.04 bits per heavy atom. The molecule has 1 heterocycles. The van der Waals surface area contributed by atoms with Crippen molar-refractivity contribution in [3.63, 3.8) is 0 Å². The van der Waals surface area contributed by atoms with E-state index in [9.17, 15) is 4.79 Å². The SMILES string of the molecule is CO[C@H]1CN(C(=O)OCc2ccccc2)[C@@H]1Cc1ccccc1. The highest BCUT2D eigenvalue weighted by atomic mass is 16.6. The third-order valence-corrected chi connectivity index (χ3v) is 4.24. The van der Waals surface area contributed by atoms with Crippen LogP contribution in [0.2, 0.25) is 0 Å². The van der Waals surface area contributed by atoms with Gasteiger partial charge in [0.05, 0.1) is 18.7 Å². The van der Waals surface area contributed by atoms with Crippen molar-refractivity contribution >= 4 is 6.09 Å². The van der Waals surface area contributed by atoms with Gasteiger partial charge >= 0.3 is 6.09 Å². The monoisotopic (exact) mass is 311 g/mol. The molecule has 3 rings (SSSR count). The van der Waals surface area contributed by atoms with Crippen molar-refractivity contribution in [1.29, 1.82) is 0 Å². The Bertz CT molecular complexity index is 630. The Kier molecular flexibility index (Phi) is 4.93. The lowest BCUT2D eigenvalue weighted by Gasteiger charge is -2.46. The van der Waals surface area contributed by atoms with Crippen LogP contribution in [0.15, 0.2) is 60.7 Å². The van der Waals surface area contributed by atoms with E-state index in [1.54, 1.807) is 12.0 Å². The number of amides is 1. The molecule has 4 nitrogen and oxygen atoms in total. The predicted molar refractivity (Wildman–Crippen MR) is 88.1 cm³/mol. The van der Waals surface area contributed by atoms with Crippen LogP contribution in [-0.2, 0) is 22.5 Å². The second-order valence-corrected chi connectivity index (χ2v) is 5.72. The lowest BCUT2D eigenvalue weighted by molar-refractivity contribution is -0.0760. The zero-order valence-electron chi connectivity index (χ0n) is 13.2. The molecule has 120 valence electrons. The van der Waals surface area contributed by atoms with Crippen molar-refractivity contribution in [2.24, 2.45) is 0 Å². The first kappa shape index (κ1) is 15.6. The first-order valence-electron chi connectivity index (χ1n) is 7.82. The third-order valence-electron chi connectivity index (χ3n) is 4.24. The highest BCUT2D eigenvalue weighted by Crippen LogP contribution is 2.25. The van der Waals surface area contributed by atoms with Crippen LogP contribution in [-0.4, -0.2) is 36.8 Å². The number of carbonyl (C=O) groups excluding carboxylic acids is 1. The maximum absolute atomic E-state index is 12.3. The van der Waals surface area contributed by atoms with E-state index in [-0.39, 0.29) is 18.2 Å². The lowest BCUT2D eigenvalue weighted by Crippen LogP contribution is -2.63. The Balaban J connectivity index is 1.58. The maximum atomic E-state index is 12.3. The molecule has 0 aromatic heterocycles. The molecule has 0 N–H and O–H groups in total. The van der Waals surface area contributed by atoms with E-state index in [1.165, 1.54) is 5.56 Å². The molecule has 1 saturated heterocycles. The number of carbonyl (C=O) groups is 1. The van der Waals surface area contributed by atoms with Gasteiger partial charge in [-0.1, -0.05) is 60.7 Å². The second kappa shape index (κ2) is 7.29. The molecule has 2 aromatic carbocycles. The van der Waals surface area contributed by atoms with Gasteiger partial charge in [0.15, 0.2) is 0 Å². The summed E-state index contributed by atoms with van der Waals surface area (Å²) in [5.41, 5.74) is 2.18. The Labute approximate surface area is 136 Å². The van der Waals surface area contributed by atoms with Crippen molar-refractivity contribution in [2.45, 2.75) is 25.2 Å². The number of hydrogen-bond acceptors (Lipinski definition) is 3. The second-order valence-electron chi connectivity index (χ2n) is 5.72. The molecule has 23 heavy (non-hydrogen) atoms. The first-order chi connectivity index (χ1) is 11.3. The minimum atomic E-state index is -0.275. The van der Waals surface area contributed by atoms with Gasteiger partial charge in [-0.15, -0.1) is 0 Å². The van der Waals surface area contributed by atoms with Crippen LogP contribution in [0.1, 0.15) is 11.1 Å². The molecule has 0 radical (unpaired) electrons. The van der Waals surface area contributed by atoms with Crippen LogP contribution in [0.25, 0.3) is 0 Å². The molecule has 1 fully saturated rings. The van der Waals surface area contributed by atoms with E-state index in [0.29, 0.717) is 13.2 Å². The van der Waals surface area contributed by atoms with Crippen LogP contribution < -0.4 is 0 Å². The molecule has 2 atom stereocenters. The zero-order valence-corrected chi connectivity index (χ0v) is 13.2. The molecule has 0 spiro atoms. The Morgan fingerprint density at radius 2 is 1.65 bits per heavy atom. The van der Waals surface area contributed by atoms with Gasteiger partial charge in [0.25, 0.3) is 0 Å². The number of likely N-dealkylation sites (tertiary alicyclic amines) is 1. The number of rotatable bonds is 5. The summed E-state index contributed by atoms with van der Waals surface area (Å²) in [4.78, 5) is 14.1. The van der Waals surface area contributed by atoms with Gasteiger partial charge in [-0.05, 0) is 17.5 Å². The number of ether oxygens (including phenoxy) is 2. The highest BCUT2D eigenvalue weighted by molar-refractivity contribution is 5.69. The van der Waals surface area contributed by atoms with Gasteiger partial charge in [-0.2, -0.15) is 0 Å².